The van der Waals surface area contributed by atoms with E-state index in [-0.39, 0.29) is 11.3 Å². The number of benzene rings is 1. The van der Waals surface area contributed by atoms with Crippen LogP contribution in [0.1, 0.15) is 37.9 Å². The molecule has 0 aliphatic rings. The van der Waals surface area contributed by atoms with E-state index >= 15 is 0 Å². The number of ether oxygens (including phenoxy) is 2. The van der Waals surface area contributed by atoms with Crippen molar-refractivity contribution in [3.8, 4) is 5.75 Å². The summed E-state index contributed by atoms with van der Waals surface area (Å²) in [6.45, 7) is 3.64. The lowest BCUT2D eigenvalue weighted by Crippen LogP contribution is -2.16. The van der Waals surface area contributed by atoms with Crippen molar-refractivity contribution in [1.29, 1.82) is 0 Å². The molecule has 146 valence electrons. The number of hydrogen-bond donors (Lipinski definition) is 0. The average Bonchev–Trinajstić information content (AvgIpc) is 3.29. The zero-order valence-corrected chi connectivity index (χ0v) is 15.8. The average molecular weight is 385 g/mol. The van der Waals surface area contributed by atoms with Gasteiger partial charge in [-0.25, -0.2) is 9.18 Å². The van der Waals surface area contributed by atoms with Gasteiger partial charge in [0.25, 0.3) is 0 Å². The van der Waals surface area contributed by atoms with Gasteiger partial charge in [-0.05, 0) is 50.2 Å². The van der Waals surface area contributed by atoms with E-state index in [0.29, 0.717) is 17.8 Å². The molecule has 0 bridgehead atoms. The molecule has 0 N–H and O–H groups in total. The molecule has 3 rings (SSSR count). The van der Waals surface area contributed by atoms with Crippen LogP contribution < -0.4 is 4.74 Å². The highest BCUT2D eigenvalue weighted by molar-refractivity contribution is 6.01. The second-order valence-electron chi connectivity index (χ2n) is 6.29. The predicted molar refractivity (Wildman–Crippen MR) is 99.3 cm³/mol. The highest BCUT2D eigenvalue weighted by atomic mass is 19.1. The van der Waals surface area contributed by atoms with Gasteiger partial charge in [0.15, 0.2) is 6.61 Å². The normalized spacial score (nSPS) is 10.7. The number of halogens is 1. The van der Waals surface area contributed by atoms with Crippen LogP contribution in [0.3, 0.4) is 0 Å². The summed E-state index contributed by atoms with van der Waals surface area (Å²) in [5, 5.41) is 0. The van der Waals surface area contributed by atoms with Crippen molar-refractivity contribution in [2.45, 2.75) is 20.4 Å². The van der Waals surface area contributed by atoms with Gasteiger partial charge in [-0.3, -0.25) is 4.79 Å². The summed E-state index contributed by atoms with van der Waals surface area (Å²) in [6.07, 6.45) is 1.59. The minimum absolute atomic E-state index is 0.0265. The van der Waals surface area contributed by atoms with Crippen molar-refractivity contribution in [3.63, 3.8) is 0 Å². The van der Waals surface area contributed by atoms with Crippen LogP contribution in [0, 0.1) is 19.7 Å². The molecule has 0 radical (unpaired) electrons. The van der Waals surface area contributed by atoms with Gasteiger partial charge in [-0.1, -0.05) is 0 Å². The molecule has 0 atom stereocenters. The number of hydrogen-bond acceptors (Lipinski definition) is 5. The molecule has 1 aromatic carbocycles. The van der Waals surface area contributed by atoms with Crippen molar-refractivity contribution in [1.82, 2.24) is 4.57 Å². The number of nitrogens with zero attached hydrogens (tertiary/aromatic N) is 1. The van der Waals surface area contributed by atoms with Crippen molar-refractivity contribution in [2.75, 3.05) is 13.7 Å². The van der Waals surface area contributed by atoms with Crippen LogP contribution in [0.25, 0.3) is 0 Å². The first kappa shape index (κ1) is 19.4. The molecule has 0 spiro atoms. The third kappa shape index (κ3) is 3.98. The number of aromatic nitrogens is 1. The lowest BCUT2D eigenvalue weighted by atomic mass is 10.1. The summed E-state index contributed by atoms with van der Waals surface area (Å²) >= 11 is 0. The lowest BCUT2D eigenvalue weighted by molar-refractivity contribution is 0.0473. The van der Waals surface area contributed by atoms with Gasteiger partial charge in [-0.2, -0.15) is 0 Å². The quantitative estimate of drug-likeness (QED) is 0.455. The maximum atomic E-state index is 13.4. The number of Topliss-reactive ketones (excluding diaryl/α,β-unsaturated/α-hetero) is 1. The zero-order chi connectivity index (χ0) is 20.3. The fourth-order valence-electron chi connectivity index (χ4n) is 2.99. The Balaban J connectivity index is 1.72. The fraction of sp³-hybridized carbons (Fsp3) is 0.238. The van der Waals surface area contributed by atoms with Crippen LogP contribution in [0.4, 0.5) is 4.39 Å². The number of esters is 1. The van der Waals surface area contributed by atoms with E-state index in [1.165, 1.54) is 19.2 Å². The molecule has 7 heteroatoms. The van der Waals surface area contributed by atoms with E-state index in [1.54, 1.807) is 25.3 Å². The van der Waals surface area contributed by atoms with Crippen molar-refractivity contribution in [2.24, 2.45) is 0 Å². The van der Waals surface area contributed by atoms with Crippen LogP contribution >= 0.6 is 0 Å². The van der Waals surface area contributed by atoms with Gasteiger partial charge in [0.2, 0.25) is 5.78 Å². The summed E-state index contributed by atoms with van der Waals surface area (Å²) in [5.74, 6) is -0.761. The second-order valence-corrected chi connectivity index (χ2v) is 6.29. The van der Waals surface area contributed by atoms with Gasteiger partial charge >= 0.3 is 5.97 Å². The second kappa shape index (κ2) is 8.12. The molecule has 0 fully saturated rings. The SMILES string of the molecule is COc1ccc(F)cc1C(=O)COC(=O)c1cc(C)n(Cc2ccco2)c1C. The number of carbonyl (C=O) groups is 2. The molecule has 6 nitrogen and oxygen atoms in total. The van der Waals surface area contributed by atoms with E-state index < -0.39 is 24.2 Å². The molecule has 3 aromatic rings. The molecule has 0 saturated carbocycles. The van der Waals surface area contributed by atoms with Gasteiger partial charge in [0.05, 0.1) is 31.0 Å². The highest BCUT2D eigenvalue weighted by Gasteiger charge is 2.20. The molecule has 0 unspecified atom stereocenters. The number of rotatable bonds is 7. The van der Waals surface area contributed by atoms with Gasteiger partial charge in [0.1, 0.15) is 17.3 Å². The first-order valence-corrected chi connectivity index (χ1v) is 8.63. The smallest absolute Gasteiger partial charge is 0.340 e. The molecule has 28 heavy (non-hydrogen) atoms. The number of carbonyl (C=O) groups excluding carboxylic acids is 2. The van der Waals surface area contributed by atoms with Crippen molar-refractivity contribution < 1.29 is 27.9 Å². The molecular weight excluding hydrogens is 365 g/mol. The third-order valence-electron chi connectivity index (χ3n) is 4.48. The predicted octanol–water partition coefficient (Wildman–Crippen LogP) is 3.93. The minimum atomic E-state index is -0.623. The summed E-state index contributed by atoms with van der Waals surface area (Å²) < 4.78 is 30.9. The fourth-order valence-corrected chi connectivity index (χ4v) is 2.99. The van der Waals surface area contributed by atoms with Crippen LogP contribution in [0.15, 0.2) is 47.1 Å². The van der Waals surface area contributed by atoms with Crippen LogP contribution in [0.2, 0.25) is 0 Å². The van der Waals surface area contributed by atoms with E-state index in [0.717, 1.165) is 17.5 Å². The Kier molecular flexibility index (Phi) is 5.63. The Bertz CT molecular complexity index is 1000. The summed E-state index contributed by atoms with van der Waals surface area (Å²) in [6, 6.07) is 8.95. The van der Waals surface area contributed by atoms with E-state index in [2.05, 4.69) is 0 Å². The number of ketones is 1. The number of furan rings is 1. The number of aryl methyl sites for hydroxylation is 1. The Morgan fingerprint density at radius 3 is 2.61 bits per heavy atom. The molecular formula is C21H20FNO5. The maximum absolute atomic E-state index is 13.4. The summed E-state index contributed by atoms with van der Waals surface area (Å²) in [7, 11) is 1.38. The number of methoxy groups -OCH3 is 1. The van der Waals surface area contributed by atoms with E-state index in [9.17, 15) is 14.0 Å². The monoisotopic (exact) mass is 385 g/mol. The van der Waals surface area contributed by atoms with Gasteiger partial charge in [0, 0.05) is 11.4 Å². The summed E-state index contributed by atoms with van der Waals surface area (Å²) in [4.78, 5) is 24.8. The molecule has 0 saturated heterocycles. The highest BCUT2D eigenvalue weighted by Crippen LogP contribution is 2.21. The first-order valence-electron chi connectivity index (χ1n) is 8.63. The molecule has 2 aromatic heterocycles. The Labute approximate surface area is 161 Å². The molecule has 0 aliphatic carbocycles. The van der Waals surface area contributed by atoms with Gasteiger partial charge < -0.3 is 18.5 Å². The minimum Gasteiger partial charge on any atom is -0.496 e. The Morgan fingerprint density at radius 1 is 1.14 bits per heavy atom. The third-order valence-corrected chi connectivity index (χ3v) is 4.48. The molecule has 0 amide bonds. The Hall–Kier alpha value is -3.35. The van der Waals surface area contributed by atoms with Gasteiger partial charge in [-0.15, -0.1) is 0 Å². The topological polar surface area (TPSA) is 70.7 Å². The lowest BCUT2D eigenvalue weighted by Gasteiger charge is -2.09. The van der Waals surface area contributed by atoms with Crippen LogP contribution in [-0.2, 0) is 11.3 Å². The summed E-state index contributed by atoms with van der Waals surface area (Å²) in [5.41, 5.74) is 1.95. The standard InChI is InChI=1S/C21H20FNO5/c1-13-9-17(14(2)23(13)11-16-5-4-8-27-16)21(25)28-12-19(24)18-10-15(22)6-7-20(18)26-3/h4-10H,11-12H2,1-3H3. The van der Waals surface area contributed by atoms with Crippen LogP contribution in [-0.4, -0.2) is 30.0 Å². The molecule has 0 aliphatic heterocycles. The first-order chi connectivity index (χ1) is 13.4. The van der Waals surface area contributed by atoms with Crippen LogP contribution in [0.5, 0.6) is 5.75 Å². The van der Waals surface area contributed by atoms with E-state index in [4.69, 9.17) is 13.9 Å². The largest absolute Gasteiger partial charge is 0.496 e. The van der Waals surface area contributed by atoms with E-state index in [1.807, 2.05) is 17.6 Å². The van der Waals surface area contributed by atoms with Crippen molar-refractivity contribution >= 4 is 11.8 Å². The molecule has 2 heterocycles. The Morgan fingerprint density at radius 2 is 1.93 bits per heavy atom. The maximum Gasteiger partial charge on any atom is 0.340 e. The van der Waals surface area contributed by atoms with Crippen molar-refractivity contribution in [3.05, 3.63) is 76.8 Å². The zero-order valence-electron chi connectivity index (χ0n) is 15.8.